The quantitative estimate of drug-likeness (QED) is 0.0875. The van der Waals surface area contributed by atoms with Crippen molar-refractivity contribution >= 4 is 42.3 Å². The van der Waals surface area contributed by atoms with Gasteiger partial charge < -0.3 is 42.7 Å². The van der Waals surface area contributed by atoms with E-state index in [4.69, 9.17) is 26.8 Å². The molecule has 3 amide bonds. The number of hydrogen-bond donors (Lipinski definition) is 9. The number of unbranched alkanes of at least 4 members (excludes halogenated alkanes) is 1. The molecule has 172 valence electrons. The summed E-state index contributed by atoms with van der Waals surface area (Å²) in [7, 11) is 0. The van der Waals surface area contributed by atoms with Crippen molar-refractivity contribution in [2.45, 2.75) is 49.9 Å². The second-order valence-corrected chi connectivity index (χ2v) is 6.74. The first-order valence-corrected chi connectivity index (χ1v) is 9.73. The van der Waals surface area contributed by atoms with Crippen molar-refractivity contribution in [3.8, 4) is 0 Å². The zero-order chi connectivity index (χ0) is 23.3. The van der Waals surface area contributed by atoms with Gasteiger partial charge in [0.2, 0.25) is 17.7 Å². The van der Waals surface area contributed by atoms with Gasteiger partial charge in [-0.1, -0.05) is 0 Å². The molecule has 0 aliphatic rings. The van der Waals surface area contributed by atoms with Crippen LogP contribution < -0.4 is 27.4 Å². The highest BCUT2D eigenvalue weighted by Gasteiger charge is 2.31. The Bertz CT molecular complexity index is 620. The van der Waals surface area contributed by atoms with E-state index in [1.54, 1.807) is 0 Å². The Morgan fingerprint density at radius 2 is 1.40 bits per heavy atom. The lowest BCUT2D eigenvalue weighted by atomic mass is 10.1. The number of carbonyl (C=O) groups is 5. The largest absolute Gasteiger partial charge is 0.481 e. The first kappa shape index (κ1) is 27.6. The Morgan fingerprint density at radius 1 is 0.867 bits per heavy atom. The summed E-state index contributed by atoms with van der Waals surface area (Å²) in [5.74, 6) is -5.60. The Labute approximate surface area is 178 Å². The van der Waals surface area contributed by atoms with Crippen LogP contribution in [0.4, 0.5) is 0 Å². The van der Waals surface area contributed by atoms with Gasteiger partial charge in [0.05, 0.1) is 19.1 Å². The number of carboxylic acids is 2. The lowest BCUT2D eigenvalue weighted by Gasteiger charge is -2.24. The van der Waals surface area contributed by atoms with Crippen molar-refractivity contribution < 1.29 is 39.3 Å². The number of nitrogens with one attached hydrogen (secondary N) is 3. The number of rotatable bonds is 15. The Morgan fingerprint density at radius 3 is 1.87 bits per heavy atom. The van der Waals surface area contributed by atoms with Crippen molar-refractivity contribution in [1.29, 1.82) is 0 Å². The molecule has 0 spiro atoms. The van der Waals surface area contributed by atoms with Gasteiger partial charge in [-0.3, -0.25) is 19.2 Å². The number of carboxylic acid groups (broad SMARTS) is 2. The normalized spacial score (nSPS) is 14.7. The summed E-state index contributed by atoms with van der Waals surface area (Å²) in [6, 6.07) is -5.45. The maximum absolute atomic E-state index is 12.6. The third-order valence-electron chi connectivity index (χ3n) is 3.92. The van der Waals surface area contributed by atoms with Crippen molar-refractivity contribution in [3.63, 3.8) is 0 Å². The van der Waals surface area contributed by atoms with Gasteiger partial charge in [0.25, 0.3) is 0 Å². The highest BCUT2D eigenvalue weighted by atomic mass is 32.1. The van der Waals surface area contributed by atoms with Crippen molar-refractivity contribution in [2.75, 3.05) is 18.9 Å². The Kier molecular flexibility index (Phi) is 13.4. The average Bonchev–Trinajstić information content (AvgIpc) is 2.69. The molecule has 0 saturated heterocycles. The molecule has 0 saturated carbocycles. The maximum Gasteiger partial charge on any atom is 0.328 e. The minimum Gasteiger partial charge on any atom is -0.481 e. The second-order valence-electron chi connectivity index (χ2n) is 6.38. The average molecular weight is 452 g/mol. The third-order valence-corrected chi connectivity index (χ3v) is 4.32. The van der Waals surface area contributed by atoms with E-state index in [1.165, 1.54) is 0 Å². The molecule has 0 rings (SSSR count). The minimum atomic E-state index is -1.68. The zero-order valence-corrected chi connectivity index (χ0v) is 17.1. The van der Waals surface area contributed by atoms with Gasteiger partial charge in [0, 0.05) is 5.75 Å². The Balaban J connectivity index is 5.37. The summed E-state index contributed by atoms with van der Waals surface area (Å²) in [6.07, 6.45) is 0.291. The predicted octanol–water partition coefficient (Wildman–Crippen LogP) is -3.62. The summed E-state index contributed by atoms with van der Waals surface area (Å²) >= 11 is 3.90. The highest BCUT2D eigenvalue weighted by Crippen LogP contribution is 2.04. The van der Waals surface area contributed by atoms with Crippen LogP contribution in [0.25, 0.3) is 0 Å². The second kappa shape index (κ2) is 14.5. The molecule has 13 nitrogen and oxygen atoms in total. The SMILES string of the molecule is NCCCCC(NC(=O)C(N)CS)C(=O)NC(CC(=O)O)C(=O)NC(CO)C(=O)O. The molecule has 0 heterocycles. The lowest BCUT2D eigenvalue weighted by molar-refractivity contribution is -0.144. The highest BCUT2D eigenvalue weighted by molar-refractivity contribution is 7.80. The molecular formula is C16H29N5O8S. The molecule has 4 unspecified atom stereocenters. The summed E-state index contributed by atoms with van der Waals surface area (Å²) in [5.41, 5.74) is 11.0. The summed E-state index contributed by atoms with van der Waals surface area (Å²) in [5, 5.41) is 33.4. The molecule has 4 atom stereocenters. The number of carbonyl (C=O) groups excluding carboxylic acids is 3. The molecular weight excluding hydrogens is 422 g/mol. The topological polar surface area (TPSA) is 234 Å². The number of aliphatic hydroxyl groups is 1. The van der Waals surface area contributed by atoms with Crippen molar-refractivity contribution in [1.82, 2.24) is 16.0 Å². The molecule has 30 heavy (non-hydrogen) atoms. The molecule has 0 aliphatic heterocycles. The van der Waals surface area contributed by atoms with Crippen LogP contribution in [-0.2, 0) is 24.0 Å². The van der Waals surface area contributed by atoms with Gasteiger partial charge in [0.1, 0.15) is 18.1 Å². The number of hydrogen-bond acceptors (Lipinski definition) is 9. The van der Waals surface area contributed by atoms with E-state index in [0.717, 1.165) is 0 Å². The monoisotopic (exact) mass is 451 g/mol. The van der Waals surface area contributed by atoms with Crippen molar-refractivity contribution in [3.05, 3.63) is 0 Å². The van der Waals surface area contributed by atoms with E-state index in [9.17, 15) is 24.0 Å². The number of aliphatic carboxylic acids is 2. The molecule has 0 bridgehead atoms. The fraction of sp³-hybridized carbons (Fsp3) is 0.688. The number of thiol groups is 1. The molecule has 0 radical (unpaired) electrons. The van der Waals surface area contributed by atoms with Crippen LogP contribution in [0.15, 0.2) is 0 Å². The summed E-state index contributed by atoms with van der Waals surface area (Å²) in [6.45, 7) is -0.589. The van der Waals surface area contributed by atoms with Crippen LogP contribution >= 0.6 is 12.6 Å². The van der Waals surface area contributed by atoms with Crippen LogP contribution in [0, 0.1) is 0 Å². The van der Waals surface area contributed by atoms with Gasteiger partial charge in [-0.25, -0.2) is 4.79 Å². The molecule has 10 N–H and O–H groups in total. The van der Waals surface area contributed by atoms with E-state index in [-0.39, 0.29) is 12.2 Å². The van der Waals surface area contributed by atoms with Crippen LogP contribution in [0.3, 0.4) is 0 Å². The summed E-state index contributed by atoms with van der Waals surface area (Å²) < 4.78 is 0. The van der Waals surface area contributed by atoms with Crippen LogP contribution in [0.1, 0.15) is 25.7 Å². The van der Waals surface area contributed by atoms with Crippen LogP contribution in [-0.4, -0.2) is 88.1 Å². The molecule has 0 aromatic rings. The van der Waals surface area contributed by atoms with E-state index >= 15 is 0 Å². The van der Waals surface area contributed by atoms with Crippen LogP contribution in [0.2, 0.25) is 0 Å². The van der Waals surface area contributed by atoms with E-state index in [0.29, 0.717) is 19.4 Å². The van der Waals surface area contributed by atoms with E-state index < -0.39 is 66.9 Å². The predicted molar refractivity (Wildman–Crippen MR) is 108 cm³/mol. The Hall–Kier alpha value is -2.42. The molecule has 0 aromatic carbocycles. The van der Waals surface area contributed by atoms with Crippen LogP contribution in [0.5, 0.6) is 0 Å². The number of amides is 3. The van der Waals surface area contributed by atoms with Gasteiger partial charge in [0.15, 0.2) is 0 Å². The summed E-state index contributed by atoms with van der Waals surface area (Å²) in [4.78, 5) is 58.9. The maximum atomic E-state index is 12.6. The van der Waals surface area contributed by atoms with Gasteiger partial charge in [-0.05, 0) is 25.8 Å². The van der Waals surface area contributed by atoms with Crippen molar-refractivity contribution in [2.24, 2.45) is 11.5 Å². The lowest BCUT2D eigenvalue weighted by Crippen LogP contribution is -2.58. The minimum absolute atomic E-state index is 0.0186. The molecule has 14 heteroatoms. The molecule has 0 aliphatic carbocycles. The fourth-order valence-corrected chi connectivity index (χ4v) is 2.40. The fourth-order valence-electron chi connectivity index (χ4n) is 2.24. The smallest absolute Gasteiger partial charge is 0.328 e. The molecule has 0 fully saturated rings. The van der Waals surface area contributed by atoms with E-state index in [1.807, 2.05) is 5.32 Å². The standard InChI is InChI=1S/C16H29N5O8S/c17-4-2-1-3-9(19-13(25)8(18)7-30)14(26)20-10(5-12(23)24)15(27)21-11(6-22)16(28)29/h8-11,22,30H,1-7,17-18H2,(H,19,25)(H,20,26)(H,21,27)(H,23,24)(H,28,29). The molecule has 0 aromatic heterocycles. The number of nitrogens with two attached hydrogens (primary N) is 2. The first-order valence-electron chi connectivity index (χ1n) is 9.10. The van der Waals surface area contributed by atoms with Gasteiger partial charge in [-0.15, -0.1) is 0 Å². The third kappa shape index (κ3) is 10.4. The van der Waals surface area contributed by atoms with Gasteiger partial charge >= 0.3 is 11.9 Å². The number of aliphatic hydroxyl groups excluding tert-OH is 1. The zero-order valence-electron chi connectivity index (χ0n) is 16.2. The van der Waals surface area contributed by atoms with E-state index in [2.05, 4.69) is 23.3 Å². The van der Waals surface area contributed by atoms with Gasteiger partial charge in [-0.2, -0.15) is 12.6 Å². The first-order chi connectivity index (χ1) is 14.1.